The van der Waals surface area contributed by atoms with E-state index in [0.717, 1.165) is 16.7 Å². The lowest BCUT2D eigenvalue weighted by molar-refractivity contribution is -0.266. The van der Waals surface area contributed by atoms with Crippen molar-refractivity contribution < 1.29 is 22.3 Å². The van der Waals surface area contributed by atoms with E-state index in [1.165, 1.54) is 24.3 Å². The predicted octanol–water partition coefficient (Wildman–Crippen LogP) is 6.21. The van der Waals surface area contributed by atoms with Crippen LogP contribution in [0.15, 0.2) is 54.6 Å². The Morgan fingerprint density at radius 3 is 2.04 bits per heavy atom. The SMILES string of the molecule is CC(=Cc1ccc(OC(F)(F)C(F)(F)Br)cc1)c1ccccc1. The fourth-order valence-electron chi connectivity index (χ4n) is 1.87. The standard InChI is InChI=1S/C17H13BrF4O/c1-12(14-5-3-2-4-6-14)11-13-7-9-15(10-8-13)23-17(21,22)16(18,19)20/h2-11H,1H3. The number of ether oxygens (including phenoxy) is 1. The van der Waals surface area contributed by atoms with Crippen LogP contribution in [0.5, 0.6) is 5.75 Å². The molecule has 0 aliphatic rings. The number of halogens is 5. The van der Waals surface area contributed by atoms with Crippen molar-refractivity contribution in [3.8, 4) is 5.75 Å². The minimum atomic E-state index is -4.63. The van der Waals surface area contributed by atoms with Gasteiger partial charge in [0, 0.05) is 15.9 Å². The summed E-state index contributed by atoms with van der Waals surface area (Å²) in [6, 6.07) is 15.1. The van der Waals surface area contributed by atoms with Gasteiger partial charge in [-0.15, -0.1) is 0 Å². The first-order chi connectivity index (χ1) is 10.7. The highest BCUT2D eigenvalue weighted by Gasteiger charge is 2.57. The fraction of sp³-hybridized carbons (Fsp3) is 0.176. The summed E-state index contributed by atoms with van der Waals surface area (Å²) in [5.74, 6) is -0.344. The maximum Gasteiger partial charge on any atom is 0.475 e. The summed E-state index contributed by atoms with van der Waals surface area (Å²) >= 11 is 1.61. The van der Waals surface area contributed by atoms with E-state index in [0.29, 0.717) is 0 Å². The zero-order valence-corrected chi connectivity index (χ0v) is 13.7. The molecule has 122 valence electrons. The van der Waals surface area contributed by atoms with E-state index >= 15 is 0 Å². The largest absolute Gasteiger partial charge is 0.475 e. The van der Waals surface area contributed by atoms with Gasteiger partial charge in [0.1, 0.15) is 5.75 Å². The number of alkyl halides is 5. The minimum Gasteiger partial charge on any atom is -0.427 e. The zero-order valence-electron chi connectivity index (χ0n) is 12.1. The number of hydrogen-bond acceptors (Lipinski definition) is 1. The molecule has 0 heterocycles. The average Bonchev–Trinajstić information content (AvgIpc) is 2.48. The van der Waals surface area contributed by atoms with Gasteiger partial charge in [-0.05, 0) is 35.8 Å². The molecule has 0 bridgehead atoms. The van der Waals surface area contributed by atoms with Crippen molar-refractivity contribution in [3.63, 3.8) is 0 Å². The summed E-state index contributed by atoms with van der Waals surface area (Å²) in [6.07, 6.45) is -2.78. The van der Waals surface area contributed by atoms with E-state index in [2.05, 4.69) is 4.74 Å². The van der Waals surface area contributed by atoms with E-state index in [9.17, 15) is 17.6 Å². The Hall–Kier alpha value is -1.82. The smallest absolute Gasteiger partial charge is 0.427 e. The molecule has 2 rings (SSSR count). The molecule has 0 N–H and O–H groups in total. The van der Waals surface area contributed by atoms with Crippen molar-refractivity contribution in [1.29, 1.82) is 0 Å². The van der Waals surface area contributed by atoms with Gasteiger partial charge in [-0.25, -0.2) is 0 Å². The average molecular weight is 389 g/mol. The van der Waals surface area contributed by atoms with Gasteiger partial charge in [0.15, 0.2) is 0 Å². The van der Waals surface area contributed by atoms with E-state index in [1.807, 2.05) is 43.3 Å². The molecule has 0 aliphatic carbocycles. The molecule has 23 heavy (non-hydrogen) atoms. The first kappa shape index (κ1) is 17.5. The second kappa shape index (κ2) is 6.74. The highest BCUT2D eigenvalue weighted by Crippen LogP contribution is 2.40. The molecular formula is C17H13BrF4O. The third-order valence-corrected chi connectivity index (χ3v) is 3.53. The number of benzene rings is 2. The van der Waals surface area contributed by atoms with Gasteiger partial charge < -0.3 is 4.74 Å². The van der Waals surface area contributed by atoms with Crippen molar-refractivity contribution in [1.82, 2.24) is 0 Å². The van der Waals surface area contributed by atoms with Crippen LogP contribution in [-0.2, 0) is 0 Å². The first-order valence-electron chi connectivity index (χ1n) is 6.66. The van der Waals surface area contributed by atoms with Crippen LogP contribution in [-0.4, -0.2) is 10.9 Å². The van der Waals surface area contributed by atoms with Gasteiger partial charge >= 0.3 is 10.9 Å². The van der Waals surface area contributed by atoms with Gasteiger partial charge in [0.05, 0.1) is 0 Å². The van der Waals surface area contributed by atoms with Crippen LogP contribution in [0.3, 0.4) is 0 Å². The predicted molar refractivity (Wildman–Crippen MR) is 85.9 cm³/mol. The van der Waals surface area contributed by atoms with Crippen molar-refractivity contribution in [2.24, 2.45) is 0 Å². The Balaban J connectivity index is 2.14. The van der Waals surface area contributed by atoms with Crippen LogP contribution in [0.2, 0.25) is 0 Å². The topological polar surface area (TPSA) is 9.23 Å². The van der Waals surface area contributed by atoms with Crippen LogP contribution in [0.4, 0.5) is 17.6 Å². The van der Waals surface area contributed by atoms with Crippen molar-refractivity contribution >= 4 is 27.6 Å². The van der Waals surface area contributed by atoms with Crippen molar-refractivity contribution in [3.05, 3.63) is 65.7 Å². The Morgan fingerprint density at radius 1 is 0.957 bits per heavy atom. The maximum atomic E-state index is 13.1. The highest BCUT2D eigenvalue weighted by atomic mass is 79.9. The summed E-state index contributed by atoms with van der Waals surface area (Å²) < 4.78 is 55.6. The second-order valence-corrected chi connectivity index (χ2v) is 5.87. The quantitative estimate of drug-likeness (QED) is 0.336. The molecule has 2 aromatic carbocycles. The molecule has 0 radical (unpaired) electrons. The third-order valence-electron chi connectivity index (χ3n) is 3.07. The van der Waals surface area contributed by atoms with Gasteiger partial charge in [-0.3, -0.25) is 0 Å². The molecule has 0 fully saturated rings. The Morgan fingerprint density at radius 2 is 1.52 bits per heavy atom. The van der Waals surface area contributed by atoms with Crippen molar-refractivity contribution in [2.75, 3.05) is 0 Å². The van der Waals surface area contributed by atoms with E-state index < -0.39 is 10.9 Å². The molecule has 0 unspecified atom stereocenters. The van der Waals surface area contributed by atoms with Gasteiger partial charge in [-0.2, -0.15) is 17.6 Å². The van der Waals surface area contributed by atoms with E-state index in [-0.39, 0.29) is 5.75 Å². The Labute approximate surface area is 139 Å². The lowest BCUT2D eigenvalue weighted by atomic mass is 10.0. The molecule has 1 nitrogen and oxygen atoms in total. The summed E-state index contributed by atoms with van der Waals surface area (Å²) in [7, 11) is 0. The van der Waals surface area contributed by atoms with Crippen LogP contribution >= 0.6 is 15.9 Å². The number of hydrogen-bond donors (Lipinski definition) is 0. The molecule has 0 aromatic heterocycles. The van der Waals surface area contributed by atoms with Gasteiger partial charge in [-0.1, -0.05) is 48.5 Å². The van der Waals surface area contributed by atoms with Crippen molar-refractivity contribution in [2.45, 2.75) is 17.9 Å². The highest BCUT2D eigenvalue weighted by molar-refractivity contribution is 9.10. The van der Waals surface area contributed by atoms with Crippen LogP contribution in [0, 0.1) is 0 Å². The third kappa shape index (κ3) is 4.58. The summed E-state index contributed by atoms with van der Waals surface area (Å²) in [5, 5.41) is 0. The summed E-state index contributed by atoms with van der Waals surface area (Å²) in [4.78, 5) is -4.44. The molecule has 0 spiro atoms. The Bertz CT molecular complexity index is 676. The maximum absolute atomic E-state index is 13.1. The second-order valence-electron chi connectivity index (χ2n) is 4.88. The monoisotopic (exact) mass is 388 g/mol. The normalized spacial score (nSPS) is 13.0. The van der Waals surface area contributed by atoms with Crippen LogP contribution in [0.1, 0.15) is 18.1 Å². The molecule has 0 atom stereocenters. The number of allylic oxidation sites excluding steroid dienone is 1. The van der Waals surface area contributed by atoms with Gasteiger partial charge in [0.2, 0.25) is 0 Å². The molecule has 0 aliphatic heterocycles. The molecule has 0 saturated heterocycles. The number of rotatable bonds is 5. The summed E-state index contributed by atoms with van der Waals surface area (Å²) in [5.41, 5.74) is 2.75. The van der Waals surface area contributed by atoms with Crippen LogP contribution in [0.25, 0.3) is 11.6 Å². The zero-order chi connectivity index (χ0) is 17.1. The minimum absolute atomic E-state index is 0.344. The lowest BCUT2D eigenvalue weighted by Crippen LogP contribution is -2.40. The molecule has 0 amide bonds. The molecule has 2 aromatic rings. The molecule has 6 heteroatoms. The summed E-state index contributed by atoms with van der Waals surface area (Å²) in [6.45, 7) is 1.92. The first-order valence-corrected chi connectivity index (χ1v) is 7.46. The fourth-order valence-corrected chi connectivity index (χ4v) is 1.95. The Kier molecular flexibility index (Phi) is 5.14. The molecular weight excluding hydrogens is 376 g/mol. The van der Waals surface area contributed by atoms with Crippen LogP contribution < -0.4 is 4.74 Å². The van der Waals surface area contributed by atoms with E-state index in [1.54, 1.807) is 15.9 Å². The van der Waals surface area contributed by atoms with Gasteiger partial charge in [0.25, 0.3) is 0 Å². The van der Waals surface area contributed by atoms with E-state index in [4.69, 9.17) is 0 Å². The lowest BCUT2D eigenvalue weighted by Gasteiger charge is -2.21. The molecule has 0 saturated carbocycles.